The first-order valence-electron chi connectivity index (χ1n) is 3.27. The Morgan fingerprint density at radius 2 is 2.36 bits per heavy atom. The van der Waals surface area contributed by atoms with E-state index in [1.54, 1.807) is 13.8 Å². The Labute approximate surface area is 68.9 Å². The van der Waals surface area contributed by atoms with E-state index in [0.29, 0.717) is 6.61 Å². The zero-order valence-corrected chi connectivity index (χ0v) is 7.31. The minimum atomic E-state index is -1.63. The topological polar surface area (TPSA) is 35.5 Å². The average Bonchev–Trinajstić information content (AvgIpc) is 1.85. The van der Waals surface area contributed by atoms with E-state index in [-0.39, 0.29) is 5.92 Å². The highest BCUT2D eigenvalue weighted by molar-refractivity contribution is 7.75. The Balaban J connectivity index is 2.73. The summed E-state index contributed by atoms with van der Waals surface area (Å²) in [7, 11) is 0. The number of hydrogen-bond donors (Lipinski definition) is 0. The van der Waals surface area contributed by atoms with Crippen LogP contribution in [0.15, 0.2) is 0 Å². The smallest absolute Gasteiger partial charge is 0.267 e. The van der Waals surface area contributed by atoms with Gasteiger partial charge in [0.15, 0.2) is 0 Å². The highest BCUT2D eigenvalue weighted by Crippen LogP contribution is 2.27. The van der Waals surface area contributed by atoms with Crippen LogP contribution in [0, 0.1) is 18.3 Å². The number of rotatable bonds is 0. The molecule has 0 saturated carbocycles. The van der Waals surface area contributed by atoms with Gasteiger partial charge < -0.3 is 0 Å². The molecule has 11 heavy (non-hydrogen) atoms. The molecule has 0 aromatic heterocycles. The van der Waals surface area contributed by atoms with Crippen LogP contribution in [0.1, 0.15) is 13.8 Å². The van der Waals surface area contributed by atoms with E-state index < -0.39 is 17.0 Å². The third-order valence-electron chi connectivity index (χ3n) is 1.65. The molecule has 1 aliphatic heterocycles. The van der Waals surface area contributed by atoms with Crippen LogP contribution >= 0.6 is 0 Å². The number of hydrogen-bond acceptors (Lipinski definition) is 3. The lowest BCUT2D eigenvalue weighted by Crippen LogP contribution is -2.41. The summed E-state index contributed by atoms with van der Waals surface area (Å²) < 4.78 is 20.4. The summed E-state index contributed by atoms with van der Waals surface area (Å²) >= 11 is -1.63. The van der Waals surface area contributed by atoms with E-state index in [9.17, 15) is 4.21 Å². The molecule has 0 aromatic rings. The molecular formula is C7H10O3S. The van der Waals surface area contributed by atoms with Gasteiger partial charge in [-0.15, -0.1) is 6.42 Å². The summed E-state index contributed by atoms with van der Waals surface area (Å²) in [5, 5.41) is 0. The van der Waals surface area contributed by atoms with E-state index in [4.69, 9.17) is 14.8 Å². The van der Waals surface area contributed by atoms with Crippen molar-refractivity contribution in [2.24, 2.45) is 5.92 Å². The first-order chi connectivity index (χ1) is 5.06. The normalized spacial score (nSPS) is 36.1. The maximum atomic E-state index is 10.7. The van der Waals surface area contributed by atoms with Crippen LogP contribution in [0.4, 0.5) is 0 Å². The molecule has 3 nitrogen and oxygen atoms in total. The van der Waals surface area contributed by atoms with E-state index in [1.165, 1.54) is 0 Å². The molecule has 1 saturated heterocycles. The summed E-state index contributed by atoms with van der Waals surface area (Å²) in [6, 6.07) is 0. The van der Waals surface area contributed by atoms with Crippen LogP contribution in [-0.4, -0.2) is 16.4 Å². The molecule has 1 aliphatic rings. The Kier molecular flexibility index (Phi) is 2.33. The Bertz CT molecular complexity index is 216. The Morgan fingerprint density at radius 3 is 2.82 bits per heavy atom. The third kappa shape index (κ3) is 1.80. The largest absolute Gasteiger partial charge is 0.305 e. The minimum Gasteiger partial charge on any atom is -0.267 e. The zero-order chi connectivity index (χ0) is 8.48. The average molecular weight is 174 g/mol. The zero-order valence-electron chi connectivity index (χ0n) is 6.49. The standard InChI is InChI=1S/C7H10O3S/c1-4-6-5-9-11(8)10-7(6,2)3/h1,6H,5H2,2-3H3. The molecule has 0 radical (unpaired) electrons. The van der Waals surface area contributed by atoms with Crippen LogP contribution in [-0.2, 0) is 19.7 Å². The molecule has 1 heterocycles. The van der Waals surface area contributed by atoms with Gasteiger partial charge in [0.1, 0.15) is 0 Å². The van der Waals surface area contributed by atoms with Crippen molar-refractivity contribution in [1.29, 1.82) is 0 Å². The van der Waals surface area contributed by atoms with Gasteiger partial charge in [0.2, 0.25) is 0 Å². The molecule has 2 atom stereocenters. The summed E-state index contributed by atoms with van der Waals surface area (Å²) in [5.41, 5.74) is -0.544. The van der Waals surface area contributed by atoms with Gasteiger partial charge in [-0.05, 0) is 13.8 Å². The van der Waals surface area contributed by atoms with E-state index in [2.05, 4.69) is 5.92 Å². The second-order valence-corrected chi connectivity index (χ2v) is 3.71. The molecule has 4 heteroatoms. The van der Waals surface area contributed by atoms with Crippen molar-refractivity contribution in [3.8, 4) is 12.3 Å². The SMILES string of the molecule is C#CC1COS(=O)OC1(C)C. The molecule has 1 rings (SSSR count). The molecule has 1 fully saturated rings. The molecular weight excluding hydrogens is 164 g/mol. The molecule has 0 amide bonds. The number of terminal acetylenes is 1. The lowest BCUT2D eigenvalue weighted by Gasteiger charge is -2.32. The van der Waals surface area contributed by atoms with Gasteiger partial charge in [-0.2, -0.15) is 4.21 Å². The first kappa shape index (κ1) is 8.72. The third-order valence-corrected chi connectivity index (χ3v) is 2.55. The van der Waals surface area contributed by atoms with Crippen molar-refractivity contribution >= 4 is 11.4 Å². The van der Waals surface area contributed by atoms with Crippen molar-refractivity contribution < 1.29 is 12.6 Å². The minimum absolute atomic E-state index is 0.125. The van der Waals surface area contributed by atoms with Crippen molar-refractivity contribution in [1.82, 2.24) is 0 Å². The van der Waals surface area contributed by atoms with Crippen LogP contribution in [0.25, 0.3) is 0 Å². The molecule has 0 spiro atoms. The monoisotopic (exact) mass is 174 g/mol. The van der Waals surface area contributed by atoms with Gasteiger partial charge in [0.05, 0.1) is 18.1 Å². The van der Waals surface area contributed by atoms with Gasteiger partial charge in [-0.25, -0.2) is 0 Å². The van der Waals surface area contributed by atoms with Crippen molar-refractivity contribution in [3.05, 3.63) is 0 Å². The Morgan fingerprint density at radius 1 is 1.73 bits per heavy atom. The van der Waals surface area contributed by atoms with Gasteiger partial charge in [-0.3, -0.25) is 8.37 Å². The molecule has 62 valence electrons. The van der Waals surface area contributed by atoms with Gasteiger partial charge in [-0.1, -0.05) is 5.92 Å². The van der Waals surface area contributed by atoms with Crippen LogP contribution in [0.3, 0.4) is 0 Å². The molecule has 0 aliphatic carbocycles. The van der Waals surface area contributed by atoms with E-state index in [0.717, 1.165) is 0 Å². The van der Waals surface area contributed by atoms with Crippen molar-refractivity contribution in [2.45, 2.75) is 19.4 Å². The predicted molar refractivity (Wildman–Crippen MR) is 41.6 cm³/mol. The molecule has 0 bridgehead atoms. The summed E-state index contributed by atoms with van der Waals surface area (Å²) in [4.78, 5) is 0. The maximum Gasteiger partial charge on any atom is 0.305 e. The van der Waals surface area contributed by atoms with E-state index >= 15 is 0 Å². The highest BCUT2D eigenvalue weighted by atomic mass is 32.2. The van der Waals surface area contributed by atoms with Crippen molar-refractivity contribution in [2.75, 3.05) is 6.61 Å². The lowest BCUT2D eigenvalue weighted by atomic mass is 9.93. The molecule has 0 N–H and O–H groups in total. The summed E-state index contributed by atoms with van der Waals surface area (Å²) in [6.45, 7) is 3.91. The van der Waals surface area contributed by atoms with Gasteiger partial charge >= 0.3 is 11.4 Å². The Hall–Kier alpha value is -0.370. The molecule has 2 unspecified atom stereocenters. The summed E-state index contributed by atoms with van der Waals surface area (Å²) in [6.07, 6.45) is 5.22. The highest BCUT2D eigenvalue weighted by Gasteiger charge is 2.36. The lowest BCUT2D eigenvalue weighted by molar-refractivity contribution is 0.0106. The fourth-order valence-electron chi connectivity index (χ4n) is 0.831. The first-order valence-corrected chi connectivity index (χ1v) is 4.27. The maximum absolute atomic E-state index is 10.7. The van der Waals surface area contributed by atoms with E-state index in [1.807, 2.05) is 0 Å². The fourth-order valence-corrected chi connectivity index (χ4v) is 1.59. The quantitative estimate of drug-likeness (QED) is 0.505. The molecule has 0 aromatic carbocycles. The van der Waals surface area contributed by atoms with Crippen molar-refractivity contribution in [3.63, 3.8) is 0 Å². The second kappa shape index (κ2) is 2.94. The van der Waals surface area contributed by atoms with Crippen LogP contribution < -0.4 is 0 Å². The van der Waals surface area contributed by atoms with Crippen LogP contribution in [0.2, 0.25) is 0 Å². The van der Waals surface area contributed by atoms with Crippen LogP contribution in [0.5, 0.6) is 0 Å². The fraction of sp³-hybridized carbons (Fsp3) is 0.714. The van der Waals surface area contributed by atoms with Gasteiger partial charge in [0.25, 0.3) is 0 Å². The summed E-state index contributed by atoms with van der Waals surface area (Å²) in [5.74, 6) is 2.41. The van der Waals surface area contributed by atoms with Gasteiger partial charge in [0, 0.05) is 0 Å². The predicted octanol–water partition coefficient (Wildman–Crippen LogP) is 0.640. The second-order valence-electron chi connectivity index (χ2n) is 2.89.